The van der Waals surface area contributed by atoms with Gasteiger partial charge in [-0.05, 0) is 31.1 Å². The van der Waals surface area contributed by atoms with Crippen molar-refractivity contribution >= 4 is 32.9 Å². The maximum Gasteiger partial charge on any atom is 0.184 e. The first kappa shape index (κ1) is 13.9. The summed E-state index contributed by atoms with van der Waals surface area (Å²) in [6.45, 7) is 0. The summed E-state index contributed by atoms with van der Waals surface area (Å²) in [5, 5.41) is 3.93. The minimum Gasteiger partial charge on any atom is -0.375 e. The second-order valence-corrected chi connectivity index (χ2v) is 6.56. The van der Waals surface area contributed by atoms with Crippen molar-refractivity contribution in [1.29, 1.82) is 0 Å². The molecule has 102 valence electrons. The lowest BCUT2D eigenvalue weighted by Gasteiger charge is -2.08. The van der Waals surface area contributed by atoms with Crippen LogP contribution in [-0.4, -0.2) is 25.0 Å². The molecule has 0 radical (unpaired) electrons. The van der Waals surface area contributed by atoms with Crippen LogP contribution in [0.1, 0.15) is 18.4 Å². The van der Waals surface area contributed by atoms with E-state index >= 15 is 0 Å². The largest absolute Gasteiger partial charge is 0.375 e. The second kappa shape index (κ2) is 5.22. The van der Waals surface area contributed by atoms with E-state index in [1.165, 1.54) is 12.1 Å². The summed E-state index contributed by atoms with van der Waals surface area (Å²) in [5.41, 5.74) is 8.38. The predicted octanol–water partition coefficient (Wildman–Crippen LogP) is 0.930. The Bertz CT molecular complexity index is 656. The van der Waals surface area contributed by atoms with E-state index in [0.29, 0.717) is 18.6 Å². The van der Waals surface area contributed by atoms with Gasteiger partial charge in [-0.1, -0.05) is 12.1 Å². The van der Waals surface area contributed by atoms with Crippen molar-refractivity contribution in [2.45, 2.75) is 17.7 Å². The normalized spacial score (nSPS) is 19.5. The summed E-state index contributed by atoms with van der Waals surface area (Å²) >= 11 is 4.63. The number of benzene rings is 1. The summed E-state index contributed by atoms with van der Waals surface area (Å²) < 4.78 is 37.9. The SMILES string of the molecule is NC(=S)NN=C1CCCS(=O)(=O)c2c(F)cccc21. The van der Waals surface area contributed by atoms with Crippen molar-refractivity contribution in [3.63, 3.8) is 0 Å². The molecule has 0 saturated carbocycles. The molecule has 0 aliphatic carbocycles. The zero-order valence-electron chi connectivity index (χ0n) is 9.89. The van der Waals surface area contributed by atoms with Crippen LogP contribution in [0.4, 0.5) is 4.39 Å². The Morgan fingerprint density at radius 2 is 2.21 bits per heavy atom. The molecule has 19 heavy (non-hydrogen) atoms. The van der Waals surface area contributed by atoms with E-state index < -0.39 is 15.7 Å². The molecule has 8 heteroatoms. The number of sulfone groups is 1. The fraction of sp³-hybridized carbons (Fsp3) is 0.273. The highest BCUT2D eigenvalue weighted by atomic mass is 32.2. The fourth-order valence-corrected chi connectivity index (χ4v) is 3.62. The lowest BCUT2D eigenvalue weighted by molar-refractivity contribution is 0.566. The lowest BCUT2D eigenvalue weighted by Crippen LogP contribution is -2.25. The van der Waals surface area contributed by atoms with Gasteiger partial charge < -0.3 is 5.73 Å². The molecule has 1 aliphatic heterocycles. The monoisotopic (exact) mass is 301 g/mol. The Morgan fingerprint density at radius 1 is 1.47 bits per heavy atom. The molecule has 0 aromatic heterocycles. The minimum absolute atomic E-state index is 0.0300. The van der Waals surface area contributed by atoms with E-state index in [-0.39, 0.29) is 21.3 Å². The Morgan fingerprint density at radius 3 is 2.89 bits per heavy atom. The number of nitrogens with two attached hydrogens (primary N) is 1. The van der Waals surface area contributed by atoms with Crippen molar-refractivity contribution in [3.8, 4) is 0 Å². The average Bonchev–Trinajstić information content (AvgIpc) is 2.44. The molecule has 1 aromatic carbocycles. The van der Waals surface area contributed by atoms with Crippen LogP contribution in [0.25, 0.3) is 0 Å². The van der Waals surface area contributed by atoms with Gasteiger partial charge in [0.1, 0.15) is 10.7 Å². The first-order valence-electron chi connectivity index (χ1n) is 5.55. The zero-order valence-corrected chi connectivity index (χ0v) is 11.5. The van der Waals surface area contributed by atoms with Crippen molar-refractivity contribution in [2.75, 3.05) is 5.75 Å². The summed E-state index contributed by atoms with van der Waals surface area (Å²) in [4.78, 5) is -0.295. The minimum atomic E-state index is -3.63. The van der Waals surface area contributed by atoms with Crippen LogP contribution in [-0.2, 0) is 9.84 Å². The van der Waals surface area contributed by atoms with Crippen LogP contribution in [0.5, 0.6) is 0 Å². The lowest BCUT2D eigenvalue weighted by atomic mass is 10.1. The van der Waals surface area contributed by atoms with E-state index in [0.717, 1.165) is 6.07 Å². The maximum absolute atomic E-state index is 13.8. The summed E-state index contributed by atoms with van der Waals surface area (Å²) in [7, 11) is -3.63. The Labute approximate surface area is 115 Å². The molecule has 0 amide bonds. The van der Waals surface area contributed by atoms with Crippen LogP contribution < -0.4 is 11.2 Å². The topological polar surface area (TPSA) is 84.5 Å². The molecular formula is C11H12FN3O2S2. The Hall–Kier alpha value is -1.54. The van der Waals surface area contributed by atoms with Gasteiger partial charge in [0.15, 0.2) is 14.9 Å². The first-order valence-corrected chi connectivity index (χ1v) is 7.61. The quantitative estimate of drug-likeness (QED) is 0.595. The molecule has 0 saturated heterocycles. The van der Waals surface area contributed by atoms with Gasteiger partial charge >= 0.3 is 0 Å². The summed E-state index contributed by atoms with van der Waals surface area (Å²) in [6, 6.07) is 4.10. The van der Waals surface area contributed by atoms with E-state index in [1.807, 2.05) is 0 Å². The standard InChI is InChI=1S/C11H12FN3O2S2/c12-8-4-1-3-7-9(14-15-11(13)18)5-2-6-19(16,17)10(7)8/h1,3-4H,2,5-6H2,(H3,13,15,18). The predicted molar refractivity (Wildman–Crippen MR) is 74.1 cm³/mol. The van der Waals surface area contributed by atoms with Crippen LogP contribution >= 0.6 is 12.2 Å². The summed E-state index contributed by atoms with van der Waals surface area (Å²) in [6.07, 6.45) is 0.777. The maximum atomic E-state index is 13.8. The van der Waals surface area contributed by atoms with E-state index in [2.05, 4.69) is 22.7 Å². The van der Waals surface area contributed by atoms with Gasteiger partial charge in [0.05, 0.1) is 11.5 Å². The number of nitrogens with zero attached hydrogens (tertiary/aromatic N) is 1. The smallest absolute Gasteiger partial charge is 0.184 e. The Balaban J connectivity index is 2.61. The molecule has 0 spiro atoms. The Kier molecular flexibility index (Phi) is 3.81. The van der Waals surface area contributed by atoms with Crippen molar-refractivity contribution in [1.82, 2.24) is 5.43 Å². The van der Waals surface area contributed by atoms with Crippen LogP contribution in [0.2, 0.25) is 0 Å². The molecule has 0 fully saturated rings. The average molecular weight is 301 g/mol. The molecule has 1 aromatic rings. The van der Waals surface area contributed by atoms with Crippen LogP contribution in [0, 0.1) is 5.82 Å². The van der Waals surface area contributed by atoms with E-state index in [1.54, 1.807) is 0 Å². The van der Waals surface area contributed by atoms with Gasteiger partial charge in [-0.2, -0.15) is 5.10 Å². The highest BCUT2D eigenvalue weighted by Crippen LogP contribution is 2.27. The highest BCUT2D eigenvalue weighted by Gasteiger charge is 2.28. The van der Waals surface area contributed by atoms with Gasteiger partial charge in [0.2, 0.25) is 0 Å². The molecule has 3 N–H and O–H groups in total. The van der Waals surface area contributed by atoms with Gasteiger partial charge in [-0.15, -0.1) is 0 Å². The van der Waals surface area contributed by atoms with E-state index in [4.69, 9.17) is 5.73 Å². The molecular weight excluding hydrogens is 289 g/mol. The molecule has 0 bridgehead atoms. The summed E-state index contributed by atoms with van der Waals surface area (Å²) in [5.74, 6) is -0.866. The number of hydrogen-bond acceptors (Lipinski definition) is 4. The van der Waals surface area contributed by atoms with E-state index in [9.17, 15) is 12.8 Å². The molecule has 1 heterocycles. The fourth-order valence-electron chi connectivity index (χ4n) is 1.96. The number of fused-ring (bicyclic) bond motifs is 1. The van der Waals surface area contributed by atoms with Gasteiger partial charge in [0, 0.05) is 5.56 Å². The molecule has 2 rings (SSSR count). The second-order valence-electron chi connectivity index (χ2n) is 4.07. The molecule has 1 aliphatic rings. The number of halogens is 1. The van der Waals surface area contributed by atoms with Crippen molar-refractivity contribution < 1.29 is 12.8 Å². The third-order valence-corrected chi connectivity index (χ3v) is 4.67. The zero-order chi connectivity index (χ0) is 14.0. The highest BCUT2D eigenvalue weighted by molar-refractivity contribution is 7.91. The number of hydrazone groups is 1. The first-order chi connectivity index (χ1) is 8.92. The molecule has 5 nitrogen and oxygen atoms in total. The number of nitrogens with one attached hydrogen (secondary N) is 1. The van der Waals surface area contributed by atoms with Crippen molar-refractivity contribution in [2.24, 2.45) is 10.8 Å². The van der Waals surface area contributed by atoms with Crippen LogP contribution in [0.3, 0.4) is 0 Å². The van der Waals surface area contributed by atoms with Gasteiger partial charge in [-0.3, -0.25) is 5.43 Å². The van der Waals surface area contributed by atoms with Crippen LogP contribution in [0.15, 0.2) is 28.2 Å². The van der Waals surface area contributed by atoms with Gasteiger partial charge in [0.25, 0.3) is 0 Å². The number of hydrogen-bond donors (Lipinski definition) is 2. The third-order valence-electron chi connectivity index (χ3n) is 2.72. The number of rotatable bonds is 1. The number of thiocarbonyl (C=S) groups is 1. The molecule has 0 unspecified atom stereocenters. The van der Waals surface area contributed by atoms with Crippen molar-refractivity contribution in [3.05, 3.63) is 29.6 Å². The third kappa shape index (κ3) is 2.90. The molecule has 0 atom stereocenters. The van der Waals surface area contributed by atoms with Gasteiger partial charge in [-0.25, -0.2) is 12.8 Å².